The molecule has 2 rings (SSSR count). The van der Waals surface area contributed by atoms with Gasteiger partial charge in [0, 0.05) is 6.20 Å². The van der Waals surface area contributed by atoms with Crippen molar-refractivity contribution in [1.29, 1.82) is 0 Å². The first-order valence-corrected chi connectivity index (χ1v) is 7.99. The number of nitrogens with one attached hydrogen (secondary N) is 1. The summed E-state index contributed by atoms with van der Waals surface area (Å²) in [5, 5.41) is 0.733. The SMILES string of the molecule is Cc1cnc(C)c(NS(=O)(=O)c2sc(C)nc2C)c1. The second-order valence-electron chi connectivity index (χ2n) is 4.36. The number of nitrogens with zero attached hydrogens (tertiary/aromatic N) is 2. The van der Waals surface area contributed by atoms with Crippen molar-refractivity contribution in [3.05, 3.63) is 34.2 Å². The van der Waals surface area contributed by atoms with Gasteiger partial charge < -0.3 is 0 Å². The zero-order valence-corrected chi connectivity index (χ0v) is 12.8. The predicted octanol–water partition coefficient (Wildman–Crippen LogP) is 2.57. The molecule has 0 fully saturated rings. The Labute approximate surface area is 116 Å². The molecule has 0 aliphatic heterocycles. The molecular weight excluding hydrogens is 282 g/mol. The van der Waals surface area contributed by atoms with Crippen LogP contribution in [-0.4, -0.2) is 18.4 Å². The standard InChI is InChI=1S/C12H15N3O2S2/c1-7-5-11(8(2)13-6-7)15-19(16,17)12-9(3)14-10(4)18-12/h5-6,15H,1-4H3. The molecule has 0 unspecified atom stereocenters. The van der Waals surface area contributed by atoms with Gasteiger partial charge in [0.2, 0.25) is 0 Å². The molecule has 0 spiro atoms. The molecule has 0 aliphatic rings. The van der Waals surface area contributed by atoms with Gasteiger partial charge in [-0.2, -0.15) is 0 Å². The normalized spacial score (nSPS) is 11.6. The Morgan fingerprint density at radius 3 is 2.42 bits per heavy atom. The van der Waals surface area contributed by atoms with Crippen LogP contribution in [0.2, 0.25) is 0 Å². The lowest BCUT2D eigenvalue weighted by atomic mass is 10.2. The molecule has 2 aromatic rings. The van der Waals surface area contributed by atoms with Crippen LogP contribution in [0.15, 0.2) is 16.5 Å². The van der Waals surface area contributed by atoms with E-state index in [1.807, 2.05) is 6.92 Å². The number of thiazole rings is 1. The maximum Gasteiger partial charge on any atom is 0.273 e. The molecule has 0 atom stereocenters. The second-order valence-corrected chi connectivity index (χ2v) is 7.44. The summed E-state index contributed by atoms with van der Waals surface area (Å²) >= 11 is 1.17. The van der Waals surface area contributed by atoms with Gasteiger partial charge in [-0.15, -0.1) is 11.3 Å². The summed E-state index contributed by atoms with van der Waals surface area (Å²) in [6.45, 7) is 7.12. The van der Waals surface area contributed by atoms with E-state index in [0.29, 0.717) is 17.1 Å². The minimum atomic E-state index is -3.60. The number of sulfonamides is 1. The van der Waals surface area contributed by atoms with Gasteiger partial charge in [0.25, 0.3) is 10.0 Å². The Kier molecular flexibility index (Phi) is 3.60. The maximum absolute atomic E-state index is 12.3. The van der Waals surface area contributed by atoms with Gasteiger partial charge in [-0.25, -0.2) is 13.4 Å². The number of aromatic nitrogens is 2. The number of hydrogen-bond donors (Lipinski definition) is 1. The molecule has 0 radical (unpaired) electrons. The van der Waals surface area contributed by atoms with Gasteiger partial charge in [0.15, 0.2) is 4.21 Å². The molecule has 5 nitrogen and oxygen atoms in total. The molecule has 102 valence electrons. The van der Waals surface area contributed by atoms with Gasteiger partial charge in [-0.1, -0.05) is 0 Å². The summed E-state index contributed by atoms with van der Waals surface area (Å²) in [7, 11) is -3.60. The summed E-state index contributed by atoms with van der Waals surface area (Å²) in [5.74, 6) is 0. The lowest BCUT2D eigenvalue weighted by Crippen LogP contribution is -2.14. The van der Waals surface area contributed by atoms with Crippen LogP contribution in [0.25, 0.3) is 0 Å². The van der Waals surface area contributed by atoms with E-state index in [1.54, 1.807) is 33.0 Å². The third kappa shape index (κ3) is 2.93. The molecule has 0 aliphatic carbocycles. The fourth-order valence-electron chi connectivity index (χ4n) is 1.69. The van der Waals surface area contributed by atoms with Crippen LogP contribution >= 0.6 is 11.3 Å². The summed E-state index contributed by atoms with van der Waals surface area (Å²) < 4.78 is 27.5. The highest BCUT2D eigenvalue weighted by Gasteiger charge is 2.21. The first kappa shape index (κ1) is 14.0. The van der Waals surface area contributed by atoms with Gasteiger partial charge in [-0.05, 0) is 39.3 Å². The molecule has 2 aromatic heterocycles. The molecule has 0 amide bonds. The van der Waals surface area contributed by atoms with Crippen molar-refractivity contribution in [2.24, 2.45) is 0 Å². The van der Waals surface area contributed by atoms with Crippen LogP contribution in [0, 0.1) is 27.7 Å². The van der Waals surface area contributed by atoms with Crippen molar-refractivity contribution in [2.45, 2.75) is 31.9 Å². The molecular formula is C12H15N3O2S2. The number of aryl methyl sites for hydroxylation is 4. The zero-order chi connectivity index (χ0) is 14.2. The van der Waals surface area contributed by atoms with E-state index >= 15 is 0 Å². The van der Waals surface area contributed by atoms with Crippen LogP contribution in [-0.2, 0) is 10.0 Å². The van der Waals surface area contributed by atoms with Gasteiger partial charge in [-0.3, -0.25) is 9.71 Å². The minimum Gasteiger partial charge on any atom is -0.277 e. The van der Waals surface area contributed by atoms with Crippen molar-refractivity contribution in [1.82, 2.24) is 9.97 Å². The zero-order valence-electron chi connectivity index (χ0n) is 11.2. The van der Waals surface area contributed by atoms with Gasteiger partial charge in [0.1, 0.15) is 0 Å². The summed E-state index contributed by atoms with van der Waals surface area (Å²) in [6.07, 6.45) is 1.70. The number of anilines is 1. The molecule has 19 heavy (non-hydrogen) atoms. The lowest BCUT2D eigenvalue weighted by molar-refractivity contribution is 0.602. The number of rotatable bonds is 3. The van der Waals surface area contributed by atoms with E-state index in [-0.39, 0.29) is 4.21 Å². The largest absolute Gasteiger partial charge is 0.277 e. The Morgan fingerprint density at radius 2 is 1.84 bits per heavy atom. The third-order valence-corrected chi connectivity index (χ3v) is 5.62. The fraction of sp³-hybridized carbons (Fsp3) is 0.333. The highest BCUT2D eigenvalue weighted by molar-refractivity contribution is 7.94. The first-order chi connectivity index (χ1) is 8.79. The number of pyridine rings is 1. The van der Waals surface area contributed by atoms with E-state index in [1.165, 1.54) is 11.3 Å². The van der Waals surface area contributed by atoms with Gasteiger partial charge >= 0.3 is 0 Å². The third-order valence-electron chi connectivity index (χ3n) is 2.57. The van der Waals surface area contributed by atoms with Crippen molar-refractivity contribution in [2.75, 3.05) is 4.72 Å². The molecule has 1 N–H and O–H groups in total. The van der Waals surface area contributed by atoms with E-state index < -0.39 is 10.0 Å². The molecule has 0 aromatic carbocycles. The highest BCUT2D eigenvalue weighted by Crippen LogP contribution is 2.26. The van der Waals surface area contributed by atoms with Crippen molar-refractivity contribution < 1.29 is 8.42 Å². The molecule has 0 saturated heterocycles. The van der Waals surface area contributed by atoms with E-state index in [9.17, 15) is 8.42 Å². The Bertz CT molecular complexity index is 721. The quantitative estimate of drug-likeness (QED) is 0.945. The minimum absolute atomic E-state index is 0.255. The fourth-order valence-corrected chi connectivity index (χ4v) is 4.29. The Balaban J connectivity index is 2.42. The van der Waals surface area contributed by atoms with Crippen LogP contribution in [0.4, 0.5) is 5.69 Å². The van der Waals surface area contributed by atoms with E-state index in [0.717, 1.165) is 10.6 Å². The van der Waals surface area contributed by atoms with Crippen molar-refractivity contribution >= 4 is 27.0 Å². The predicted molar refractivity (Wildman–Crippen MR) is 76.1 cm³/mol. The van der Waals surface area contributed by atoms with Crippen molar-refractivity contribution in [3.8, 4) is 0 Å². The smallest absolute Gasteiger partial charge is 0.273 e. The topological polar surface area (TPSA) is 72.0 Å². The van der Waals surface area contributed by atoms with Crippen LogP contribution in [0.1, 0.15) is 22.0 Å². The van der Waals surface area contributed by atoms with E-state index in [4.69, 9.17) is 0 Å². The van der Waals surface area contributed by atoms with E-state index in [2.05, 4.69) is 14.7 Å². The maximum atomic E-state index is 12.3. The molecule has 0 bridgehead atoms. The first-order valence-electron chi connectivity index (χ1n) is 5.69. The summed E-state index contributed by atoms with van der Waals surface area (Å²) in [4.78, 5) is 8.29. The average Bonchev–Trinajstić information content (AvgIpc) is 2.63. The highest BCUT2D eigenvalue weighted by atomic mass is 32.2. The molecule has 0 saturated carbocycles. The lowest BCUT2D eigenvalue weighted by Gasteiger charge is -2.09. The van der Waals surface area contributed by atoms with Crippen LogP contribution < -0.4 is 4.72 Å². The monoisotopic (exact) mass is 297 g/mol. The summed E-state index contributed by atoms with van der Waals surface area (Å²) in [5.41, 5.74) is 2.58. The van der Waals surface area contributed by atoms with Crippen LogP contribution in [0.5, 0.6) is 0 Å². The second kappa shape index (κ2) is 4.90. The summed E-state index contributed by atoms with van der Waals surface area (Å²) in [6, 6.07) is 1.77. The number of hydrogen-bond acceptors (Lipinski definition) is 5. The Morgan fingerprint density at radius 1 is 1.16 bits per heavy atom. The van der Waals surface area contributed by atoms with Crippen molar-refractivity contribution in [3.63, 3.8) is 0 Å². The van der Waals surface area contributed by atoms with Crippen LogP contribution in [0.3, 0.4) is 0 Å². The molecule has 7 heteroatoms. The van der Waals surface area contributed by atoms with Gasteiger partial charge in [0.05, 0.1) is 22.1 Å². The molecule has 2 heterocycles. The average molecular weight is 297 g/mol. The Hall–Kier alpha value is -1.47.